The SMILES string of the molecule is CC(=O)N1CCC2(CC1)CC2C(C)C.CC(C)C1CC12CCC(F)(F)CC2.CC(C)C1CC12CCCCC2.CC(C)C1CC12CCN(S(C)(=O)=O)CC2.CC(C)CC1(C)CCCCC1.CC(C)CC1(C)CCOCC1.CC(C)CC1CCC(F)(F)CC1.CC(C)NC1CCC(F)(F)CC1.CC(C)OC1CCC(F)(F)CC1.CC(C)[C@@H]1CC12CCC(F)(F)CC2.CC(C)[C@H]1CC12CCC(F)(F)CC2. The van der Waals surface area contributed by atoms with Crippen molar-refractivity contribution in [1.29, 1.82) is 0 Å². The molecule has 17 fully saturated rings. The molecule has 6 atom stereocenters. The quantitative estimate of drug-likeness (QED) is 0.146. The van der Waals surface area contributed by atoms with Crippen LogP contribution in [0.2, 0.25) is 0 Å². The van der Waals surface area contributed by atoms with Crippen molar-refractivity contribution < 1.29 is 75.4 Å². The van der Waals surface area contributed by atoms with Crippen molar-refractivity contribution in [3.8, 4) is 0 Å². The van der Waals surface area contributed by atoms with E-state index < -0.39 is 45.6 Å². The van der Waals surface area contributed by atoms with Gasteiger partial charge in [-0.15, -0.1) is 0 Å². The number of sulfonamides is 1. The maximum atomic E-state index is 12.9. The second-order valence-electron chi connectivity index (χ2n) is 53.4. The molecule has 137 heavy (non-hydrogen) atoms. The molecule has 0 bridgehead atoms. The number of piperidine rings is 2. The highest BCUT2D eigenvalue weighted by atomic mass is 32.2. The van der Waals surface area contributed by atoms with Crippen LogP contribution in [0.3, 0.4) is 0 Å². The molecule has 1 N–H and O–H groups in total. The molecule has 0 aromatic rings. The predicted molar refractivity (Wildman–Crippen MR) is 546 cm³/mol. The summed E-state index contributed by atoms with van der Waals surface area (Å²) < 4.78 is 189. The highest BCUT2D eigenvalue weighted by Gasteiger charge is 2.63. The van der Waals surface area contributed by atoms with Gasteiger partial charge in [0.1, 0.15) is 0 Å². The molecule has 17 rings (SSSR count). The first-order valence-electron chi connectivity index (χ1n) is 56.7. The Balaban J connectivity index is 0.000000205. The lowest BCUT2D eigenvalue weighted by molar-refractivity contribution is -0.130. The molecule has 3 heterocycles. The minimum absolute atomic E-state index is 0.00954. The number of halogens is 12. The van der Waals surface area contributed by atoms with E-state index in [1.165, 1.54) is 128 Å². The fourth-order valence-corrected chi connectivity index (χ4v) is 29.2. The van der Waals surface area contributed by atoms with Gasteiger partial charge in [0.05, 0.1) is 18.5 Å². The second kappa shape index (κ2) is 51.6. The van der Waals surface area contributed by atoms with E-state index >= 15 is 0 Å². The summed E-state index contributed by atoms with van der Waals surface area (Å²) in [5.41, 5.74) is 4.32. The standard InChI is InChI=1S/C12H21NO.3C11H18F2.C11H21NO2S.C11H20.C11H22.C10H18F2.C10H20O.C9H17F2N.C9H16F2O/c1-9(2)11-8-12(11)4-6-13(7-5-12)10(3)14;3*1-8(2)9-7-10(9)3-5-11(12,13)6-4-10;1-9(2)10-8-11(10)4-6-12(7-5-11)15(3,13)14;1-9(2)10-8-11(10)6-4-3-5-7-11;1-10(2)9-11(3)7-5-4-6-8-11;1-8(2)7-9-3-5-10(11,12)6-4-9;1-9(2)8-10(3)4-6-11-7-5-10;2*1-7(2)12-8-3-5-9(10,11)6-4-8/h9,11H,4-8H2,1-3H3;3*8-9H,3-7H2,1-2H3;9-10H,4-8H2,1-3H3;9-10H,3-8H2,1-2H3;10H,4-9H2,1-3H3;8-9H,3-7H2,1-2H3;9H,4-8H2,1-3H3;7-8,12H,3-6H2,1-2H3;7-8H,3-6H2,1-2H3/t;2*9-;;;;;;;;/m.10......../s1. The van der Waals surface area contributed by atoms with E-state index in [9.17, 15) is 65.9 Å². The monoisotopic (exact) mass is 1980 g/mol. The summed E-state index contributed by atoms with van der Waals surface area (Å²) in [7, 11) is -2.95. The number of nitrogens with zero attached hydrogens (tertiary/aromatic N) is 2. The van der Waals surface area contributed by atoms with Gasteiger partial charge in [-0.2, -0.15) is 0 Å². The minimum atomic E-state index is -2.95. The van der Waals surface area contributed by atoms with E-state index in [1.54, 1.807) is 30.5 Å². The highest BCUT2D eigenvalue weighted by molar-refractivity contribution is 7.88. The molecule has 6 spiro atoms. The maximum absolute atomic E-state index is 12.9. The number of amides is 1. The number of ether oxygens (including phenoxy) is 2. The fraction of sp³-hybridized carbons (Fsp3) is 0.991. The number of alkyl halides is 12. The van der Waals surface area contributed by atoms with Gasteiger partial charge in [-0.25, -0.2) is 65.4 Å². The number of carbonyl (C=O) groups is 1. The van der Waals surface area contributed by atoms with E-state index in [0.29, 0.717) is 105 Å². The van der Waals surface area contributed by atoms with Gasteiger partial charge in [-0.05, 0) is 351 Å². The molecule has 3 aliphatic heterocycles. The van der Waals surface area contributed by atoms with Gasteiger partial charge < -0.3 is 19.7 Å². The Kier molecular flexibility index (Phi) is 46.0. The Morgan fingerprint density at radius 1 is 0.343 bits per heavy atom. The van der Waals surface area contributed by atoms with E-state index in [1.807, 2.05) is 32.6 Å². The number of rotatable bonds is 17. The zero-order chi connectivity index (χ0) is 103. The molecule has 808 valence electrons. The Morgan fingerprint density at radius 3 is 0.883 bits per heavy atom. The molecule has 4 unspecified atom stereocenters. The smallest absolute Gasteiger partial charge is 0.248 e. The number of carbonyl (C=O) groups excluding carboxylic acids is 1. The van der Waals surface area contributed by atoms with Crippen LogP contribution >= 0.6 is 0 Å². The summed E-state index contributed by atoms with van der Waals surface area (Å²) in [4.78, 5) is 13.2. The molecule has 17 aliphatic rings. The molecule has 8 nitrogen and oxygen atoms in total. The molecular weight excluding hydrogens is 1780 g/mol. The van der Waals surface area contributed by atoms with Gasteiger partial charge in [0.15, 0.2) is 0 Å². The second-order valence-corrected chi connectivity index (χ2v) is 55.4. The summed E-state index contributed by atoms with van der Waals surface area (Å²) in [5.74, 6) is -1.34. The first-order chi connectivity index (χ1) is 63.2. The van der Waals surface area contributed by atoms with Gasteiger partial charge in [0, 0.05) is 135 Å². The largest absolute Gasteiger partial charge is 0.381 e. The van der Waals surface area contributed by atoms with Crippen LogP contribution < -0.4 is 5.32 Å². The lowest BCUT2D eigenvalue weighted by atomic mass is 9.71. The maximum Gasteiger partial charge on any atom is 0.248 e. The summed E-state index contributed by atoms with van der Waals surface area (Å²) in [5, 5.41) is 3.29. The average Bonchev–Trinajstić information content (AvgIpc) is 1.58. The Labute approximate surface area is 832 Å². The third-order valence-corrected chi connectivity index (χ3v) is 38.4. The van der Waals surface area contributed by atoms with Gasteiger partial charge in [0.2, 0.25) is 51.5 Å². The fourth-order valence-electron chi connectivity index (χ4n) is 28.4. The molecule has 14 saturated carbocycles. The van der Waals surface area contributed by atoms with Crippen molar-refractivity contribution in [1.82, 2.24) is 14.5 Å². The van der Waals surface area contributed by atoms with Crippen molar-refractivity contribution in [2.24, 2.45) is 138 Å². The van der Waals surface area contributed by atoms with Crippen LogP contribution in [-0.4, -0.2) is 129 Å². The Hall–Kier alpha value is -1.58. The topological polar surface area (TPSA) is 88.2 Å². The van der Waals surface area contributed by atoms with Crippen molar-refractivity contribution >= 4 is 15.9 Å². The number of nitrogens with one attached hydrogen (secondary N) is 1. The van der Waals surface area contributed by atoms with Gasteiger partial charge >= 0.3 is 0 Å². The van der Waals surface area contributed by atoms with Crippen LogP contribution in [0.1, 0.15) is 488 Å². The third kappa shape index (κ3) is 40.8. The summed E-state index contributed by atoms with van der Waals surface area (Å²) in [6.07, 6.45) is 45.0. The molecular formula is C116H209F12N3O5S. The van der Waals surface area contributed by atoms with Crippen LogP contribution in [0.5, 0.6) is 0 Å². The average molecular weight is 1990 g/mol. The van der Waals surface area contributed by atoms with Crippen molar-refractivity contribution in [2.45, 2.75) is 548 Å². The molecule has 14 aliphatic carbocycles. The third-order valence-electron chi connectivity index (χ3n) is 37.1. The molecule has 1 amide bonds. The zero-order valence-corrected chi connectivity index (χ0v) is 93.1. The van der Waals surface area contributed by atoms with Crippen molar-refractivity contribution in [2.75, 3.05) is 45.6 Å². The molecule has 0 aromatic carbocycles. The van der Waals surface area contributed by atoms with E-state index in [-0.39, 0.29) is 95.2 Å². The van der Waals surface area contributed by atoms with Gasteiger partial charge in [-0.1, -0.05) is 191 Å². The summed E-state index contributed by atoms with van der Waals surface area (Å²) >= 11 is 0. The van der Waals surface area contributed by atoms with Crippen molar-refractivity contribution in [3.63, 3.8) is 0 Å². The summed E-state index contributed by atoms with van der Waals surface area (Å²) in [6.45, 7) is 60.9. The van der Waals surface area contributed by atoms with Crippen LogP contribution in [-0.2, 0) is 24.3 Å². The Bertz CT molecular complexity index is 3290. The normalized spacial score (nSPS) is 29.6. The van der Waals surface area contributed by atoms with Crippen molar-refractivity contribution in [3.05, 3.63) is 0 Å². The van der Waals surface area contributed by atoms with Gasteiger partial charge in [-0.3, -0.25) is 4.79 Å². The number of hydrogen-bond acceptors (Lipinski definition) is 6. The predicted octanol–water partition coefficient (Wildman–Crippen LogP) is 35.4. The molecule has 3 saturated heterocycles. The van der Waals surface area contributed by atoms with E-state index in [2.05, 4.69) is 144 Å². The van der Waals surface area contributed by atoms with E-state index in [0.717, 1.165) is 181 Å². The van der Waals surface area contributed by atoms with Crippen LogP contribution in [0.4, 0.5) is 52.7 Å². The number of hydrogen-bond donors (Lipinski definition) is 1. The lowest BCUT2D eigenvalue weighted by Crippen LogP contribution is -2.40. The Morgan fingerprint density at radius 2 is 0.613 bits per heavy atom. The summed E-state index contributed by atoms with van der Waals surface area (Å²) in [6, 6.07) is 0.714. The molecule has 21 heteroatoms. The first-order valence-corrected chi connectivity index (χ1v) is 58.6. The van der Waals surface area contributed by atoms with Gasteiger partial charge in [0.25, 0.3) is 0 Å². The minimum Gasteiger partial charge on any atom is -0.381 e. The zero-order valence-electron chi connectivity index (χ0n) is 92.3. The first kappa shape index (κ1) is 122. The van der Waals surface area contributed by atoms with Crippen LogP contribution in [0.15, 0.2) is 0 Å². The van der Waals surface area contributed by atoms with E-state index in [4.69, 9.17) is 9.47 Å². The number of likely N-dealkylation sites (tertiary alicyclic amines) is 1. The van der Waals surface area contributed by atoms with Crippen LogP contribution in [0.25, 0.3) is 0 Å². The molecule has 0 aromatic heterocycles. The highest BCUT2D eigenvalue weighted by Crippen LogP contribution is 2.70. The molecule has 0 radical (unpaired) electrons. The van der Waals surface area contributed by atoms with Crippen LogP contribution in [0, 0.1) is 138 Å². The lowest BCUT2D eigenvalue weighted by Gasteiger charge is -2.35.